The molecule has 4 nitrogen and oxygen atoms in total. The van der Waals surface area contributed by atoms with Crippen molar-refractivity contribution < 1.29 is 14.3 Å². The van der Waals surface area contributed by atoms with Crippen molar-refractivity contribution in [1.29, 1.82) is 0 Å². The molecule has 1 unspecified atom stereocenters. The van der Waals surface area contributed by atoms with Crippen LogP contribution in [0.25, 0.3) is 0 Å². The molecule has 0 saturated heterocycles. The largest absolute Gasteiger partial charge is 0.495 e. The number of ether oxygens (including phenoxy) is 2. The van der Waals surface area contributed by atoms with Crippen LogP contribution in [-0.4, -0.2) is 32.1 Å². The third-order valence-corrected chi connectivity index (χ3v) is 4.66. The van der Waals surface area contributed by atoms with E-state index in [1.165, 1.54) is 0 Å². The van der Waals surface area contributed by atoms with E-state index in [1.54, 1.807) is 38.3 Å². The van der Waals surface area contributed by atoms with Gasteiger partial charge in [0.1, 0.15) is 16.0 Å². The fraction of sp³-hybridized carbons (Fsp3) is 0.278. The summed E-state index contributed by atoms with van der Waals surface area (Å²) in [5.74, 6) is 1.03. The van der Waals surface area contributed by atoms with Crippen LogP contribution in [0.1, 0.15) is 28.9 Å². The van der Waals surface area contributed by atoms with Crippen molar-refractivity contribution in [2.45, 2.75) is 13.0 Å². The fourth-order valence-corrected chi connectivity index (χ4v) is 2.88. The van der Waals surface area contributed by atoms with Crippen LogP contribution in [0.2, 0.25) is 0 Å². The highest BCUT2D eigenvalue weighted by molar-refractivity contribution is 9.10. The zero-order valence-electron chi connectivity index (χ0n) is 13.7. The van der Waals surface area contributed by atoms with Crippen LogP contribution in [0.3, 0.4) is 0 Å². The molecule has 0 saturated carbocycles. The van der Waals surface area contributed by atoms with Gasteiger partial charge in [0.25, 0.3) is 5.91 Å². The molecule has 0 aliphatic heterocycles. The molecule has 23 heavy (non-hydrogen) atoms. The quantitative estimate of drug-likeness (QED) is 0.779. The van der Waals surface area contributed by atoms with Gasteiger partial charge in [-0.05, 0) is 40.5 Å². The number of methoxy groups -OCH3 is 2. The molecular weight excluding hydrogens is 358 g/mol. The predicted octanol–water partition coefficient (Wildman–Crippen LogP) is 4.30. The molecule has 0 N–H and O–H groups in total. The van der Waals surface area contributed by atoms with Crippen LogP contribution >= 0.6 is 15.9 Å². The Hall–Kier alpha value is -2.01. The number of hydrogen-bond acceptors (Lipinski definition) is 3. The Kier molecular flexibility index (Phi) is 5.66. The van der Waals surface area contributed by atoms with E-state index in [0.717, 1.165) is 5.56 Å². The number of amides is 1. The predicted molar refractivity (Wildman–Crippen MR) is 94.2 cm³/mol. The molecule has 1 atom stereocenters. The van der Waals surface area contributed by atoms with Crippen molar-refractivity contribution >= 4 is 21.8 Å². The van der Waals surface area contributed by atoms with E-state index >= 15 is 0 Å². The monoisotopic (exact) mass is 377 g/mol. The van der Waals surface area contributed by atoms with Gasteiger partial charge in [-0.2, -0.15) is 0 Å². The first-order valence-electron chi connectivity index (χ1n) is 7.23. The van der Waals surface area contributed by atoms with Crippen LogP contribution in [0, 0.1) is 0 Å². The van der Waals surface area contributed by atoms with Gasteiger partial charge in [0.15, 0.2) is 0 Å². The highest BCUT2D eigenvalue weighted by atomic mass is 79.9. The van der Waals surface area contributed by atoms with Gasteiger partial charge in [0.05, 0.1) is 20.3 Å². The van der Waals surface area contributed by atoms with Gasteiger partial charge in [-0.3, -0.25) is 4.79 Å². The SMILES string of the molecule is COc1cc(C(=O)N(C)C(C)c2ccccc2)cc(OC)c1Br. The second-order valence-electron chi connectivity index (χ2n) is 5.20. The van der Waals surface area contributed by atoms with Crippen molar-refractivity contribution in [1.82, 2.24) is 4.90 Å². The van der Waals surface area contributed by atoms with Crippen LogP contribution in [-0.2, 0) is 0 Å². The Morgan fingerprint density at radius 2 is 1.61 bits per heavy atom. The Morgan fingerprint density at radius 3 is 2.09 bits per heavy atom. The Morgan fingerprint density at radius 1 is 1.09 bits per heavy atom. The van der Waals surface area contributed by atoms with Gasteiger partial charge < -0.3 is 14.4 Å². The smallest absolute Gasteiger partial charge is 0.254 e. The minimum atomic E-state index is -0.0922. The van der Waals surface area contributed by atoms with E-state index in [4.69, 9.17) is 9.47 Å². The molecule has 0 fully saturated rings. The van der Waals surface area contributed by atoms with E-state index in [0.29, 0.717) is 21.5 Å². The summed E-state index contributed by atoms with van der Waals surface area (Å²) in [4.78, 5) is 14.5. The second kappa shape index (κ2) is 7.51. The molecule has 2 aromatic rings. The lowest BCUT2D eigenvalue weighted by Gasteiger charge is -2.26. The molecule has 0 heterocycles. The number of halogens is 1. The van der Waals surface area contributed by atoms with E-state index in [-0.39, 0.29) is 11.9 Å². The van der Waals surface area contributed by atoms with Gasteiger partial charge in [-0.15, -0.1) is 0 Å². The summed E-state index contributed by atoms with van der Waals surface area (Å²) in [6.07, 6.45) is 0. The van der Waals surface area contributed by atoms with Gasteiger partial charge in [-0.1, -0.05) is 30.3 Å². The fourth-order valence-electron chi connectivity index (χ4n) is 2.33. The molecule has 122 valence electrons. The summed E-state index contributed by atoms with van der Waals surface area (Å²) < 4.78 is 11.3. The first-order valence-corrected chi connectivity index (χ1v) is 8.02. The molecule has 0 radical (unpaired) electrons. The average molecular weight is 378 g/mol. The maximum atomic E-state index is 12.8. The van der Waals surface area contributed by atoms with Gasteiger partial charge in [0.2, 0.25) is 0 Å². The molecule has 0 aliphatic rings. The van der Waals surface area contributed by atoms with E-state index < -0.39 is 0 Å². The molecule has 0 bridgehead atoms. The van der Waals surface area contributed by atoms with Crippen molar-refractivity contribution in [2.75, 3.05) is 21.3 Å². The molecule has 5 heteroatoms. The number of carbonyl (C=O) groups excluding carboxylic acids is 1. The van der Waals surface area contributed by atoms with Crippen molar-refractivity contribution in [3.63, 3.8) is 0 Å². The summed E-state index contributed by atoms with van der Waals surface area (Å²) >= 11 is 3.41. The molecular formula is C18H20BrNO3. The number of nitrogens with zero attached hydrogens (tertiary/aromatic N) is 1. The number of rotatable bonds is 5. The van der Waals surface area contributed by atoms with Crippen molar-refractivity contribution in [3.05, 3.63) is 58.1 Å². The third-order valence-electron chi connectivity index (χ3n) is 3.88. The third kappa shape index (κ3) is 3.67. The van der Waals surface area contributed by atoms with Gasteiger partial charge in [0, 0.05) is 12.6 Å². The first kappa shape index (κ1) is 17.3. The Balaban J connectivity index is 2.32. The van der Waals surface area contributed by atoms with Crippen LogP contribution < -0.4 is 9.47 Å². The standard InChI is InChI=1S/C18H20BrNO3/c1-12(13-8-6-5-7-9-13)20(2)18(21)14-10-15(22-3)17(19)16(11-14)23-4/h5-12H,1-4H3. The number of benzene rings is 2. The van der Waals surface area contributed by atoms with Crippen LogP contribution in [0.5, 0.6) is 11.5 Å². The lowest BCUT2D eigenvalue weighted by atomic mass is 10.1. The Bertz CT molecular complexity index is 663. The van der Waals surface area contributed by atoms with E-state index in [1.807, 2.05) is 37.3 Å². The van der Waals surface area contributed by atoms with Gasteiger partial charge >= 0.3 is 0 Å². The molecule has 0 spiro atoms. The van der Waals surface area contributed by atoms with Crippen molar-refractivity contribution in [2.24, 2.45) is 0 Å². The lowest BCUT2D eigenvalue weighted by molar-refractivity contribution is 0.0742. The highest BCUT2D eigenvalue weighted by Crippen LogP contribution is 2.36. The first-order chi connectivity index (χ1) is 11.0. The number of carbonyl (C=O) groups is 1. The molecule has 1 amide bonds. The highest BCUT2D eigenvalue weighted by Gasteiger charge is 2.21. The molecule has 0 aliphatic carbocycles. The molecule has 2 rings (SSSR count). The minimum absolute atomic E-state index is 0.0377. The summed E-state index contributed by atoms with van der Waals surface area (Å²) in [5, 5.41) is 0. The maximum absolute atomic E-state index is 12.8. The average Bonchev–Trinajstić information content (AvgIpc) is 2.60. The summed E-state index contributed by atoms with van der Waals surface area (Å²) in [6, 6.07) is 13.3. The maximum Gasteiger partial charge on any atom is 0.254 e. The van der Waals surface area contributed by atoms with Crippen LogP contribution in [0.15, 0.2) is 46.9 Å². The molecule has 2 aromatic carbocycles. The lowest BCUT2D eigenvalue weighted by Crippen LogP contribution is -2.29. The molecule has 0 aromatic heterocycles. The summed E-state index contributed by atoms with van der Waals surface area (Å²) in [5.41, 5.74) is 1.60. The summed E-state index contributed by atoms with van der Waals surface area (Å²) in [7, 11) is 4.91. The zero-order valence-corrected chi connectivity index (χ0v) is 15.3. The van der Waals surface area contributed by atoms with E-state index in [2.05, 4.69) is 15.9 Å². The van der Waals surface area contributed by atoms with E-state index in [9.17, 15) is 4.79 Å². The normalized spacial score (nSPS) is 11.7. The van der Waals surface area contributed by atoms with Gasteiger partial charge in [-0.25, -0.2) is 0 Å². The topological polar surface area (TPSA) is 38.8 Å². The van der Waals surface area contributed by atoms with Crippen LogP contribution in [0.4, 0.5) is 0 Å². The van der Waals surface area contributed by atoms with Crippen molar-refractivity contribution in [3.8, 4) is 11.5 Å². The second-order valence-corrected chi connectivity index (χ2v) is 5.99. The summed E-state index contributed by atoms with van der Waals surface area (Å²) in [6.45, 7) is 2.00. The Labute approximate surface area is 145 Å². The minimum Gasteiger partial charge on any atom is -0.495 e. The zero-order chi connectivity index (χ0) is 17.0. The number of hydrogen-bond donors (Lipinski definition) is 0.